The summed E-state index contributed by atoms with van der Waals surface area (Å²) in [4.78, 5) is 21.2. The monoisotopic (exact) mass is 342 g/mol. The lowest BCUT2D eigenvalue weighted by Gasteiger charge is -2.33. The van der Waals surface area contributed by atoms with Crippen LogP contribution in [0.5, 0.6) is 0 Å². The van der Waals surface area contributed by atoms with Gasteiger partial charge < -0.3 is 5.32 Å². The fourth-order valence-corrected chi connectivity index (χ4v) is 3.02. The van der Waals surface area contributed by atoms with Gasteiger partial charge in [-0.2, -0.15) is 0 Å². The van der Waals surface area contributed by atoms with Crippen molar-refractivity contribution in [3.05, 3.63) is 65.2 Å². The third-order valence-electron chi connectivity index (χ3n) is 4.42. The number of hydrogen-bond donors (Lipinski definition) is 1. The van der Waals surface area contributed by atoms with Crippen molar-refractivity contribution in [3.8, 4) is 0 Å². The summed E-state index contributed by atoms with van der Waals surface area (Å²) < 4.78 is 1.73. The van der Waals surface area contributed by atoms with E-state index in [9.17, 15) is 4.79 Å². The lowest BCUT2D eigenvalue weighted by molar-refractivity contribution is 0.0885. The van der Waals surface area contributed by atoms with E-state index in [4.69, 9.17) is 11.6 Å². The number of aromatic nitrogens is 3. The van der Waals surface area contributed by atoms with Crippen molar-refractivity contribution in [3.63, 3.8) is 0 Å². The largest absolute Gasteiger partial charge is 0.341 e. The number of carbonyl (C=O) groups excluding carboxylic acids is 1. The minimum Gasteiger partial charge on any atom is -0.341 e. The predicted octanol–water partition coefficient (Wildman–Crippen LogP) is 3.83. The quantitative estimate of drug-likeness (QED) is 0.766. The van der Waals surface area contributed by atoms with Gasteiger partial charge in [-0.25, -0.2) is 9.97 Å². The summed E-state index contributed by atoms with van der Waals surface area (Å²) in [5.74, 6) is 0.298. The van der Waals surface area contributed by atoms with Crippen molar-refractivity contribution >= 4 is 23.3 Å². The Hall–Kier alpha value is -2.40. The Morgan fingerprint density at radius 3 is 2.58 bits per heavy atom. The van der Waals surface area contributed by atoms with Gasteiger partial charge in [0.25, 0.3) is 5.91 Å². The molecule has 2 aromatic heterocycles. The van der Waals surface area contributed by atoms with E-state index in [1.165, 1.54) is 0 Å². The van der Waals surface area contributed by atoms with Gasteiger partial charge in [0.1, 0.15) is 5.69 Å². The van der Waals surface area contributed by atoms with Crippen LogP contribution >= 0.6 is 11.6 Å². The summed E-state index contributed by atoms with van der Waals surface area (Å²) in [6.45, 7) is 4.12. The number of benzene rings is 1. The van der Waals surface area contributed by atoms with E-state index in [0.29, 0.717) is 16.5 Å². The number of rotatable bonds is 5. The van der Waals surface area contributed by atoms with Gasteiger partial charge in [0.2, 0.25) is 5.78 Å². The molecule has 6 heteroatoms. The lowest BCUT2D eigenvalue weighted by Crippen LogP contribution is -2.45. The molecule has 1 amide bonds. The zero-order valence-electron chi connectivity index (χ0n) is 13.7. The molecule has 3 rings (SSSR count). The molecule has 0 radical (unpaired) electrons. The number of hydrogen-bond acceptors (Lipinski definition) is 3. The number of imidazole rings is 1. The van der Waals surface area contributed by atoms with Crippen LogP contribution in [-0.2, 0) is 5.54 Å². The zero-order valence-corrected chi connectivity index (χ0v) is 14.4. The minimum absolute atomic E-state index is 0.209. The van der Waals surface area contributed by atoms with Crippen molar-refractivity contribution in [2.45, 2.75) is 32.2 Å². The molecule has 124 valence electrons. The minimum atomic E-state index is -0.453. The maximum atomic E-state index is 12.7. The van der Waals surface area contributed by atoms with E-state index < -0.39 is 5.54 Å². The first-order valence-electron chi connectivity index (χ1n) is 7.96. The SMILES string of the molecule is CCC(CC)(NC(=O)c1cn2cccnc2n1)c1ccc(Cl)cc1. The molecular formula is C18H19ClN4O. The van der Waals surface area contributed by atoms with E-state index in [0.717, 1.165) is 18.4 Å². The molecule has 0 spiro atoms. The molecule has 0 unspecified atom stereocenters. The van der Waals surface area contributed by atoms with E-state index in [2.05, 4.69) is 29.1 Å². The number of halogens is 1. The molecule has 0 aliphatic rings. The number of amides is 1. The van der Waals surface area contributed by atoms with E-state index in [1.54, 1.807) is 22.9 Å². The molecule has 0 bridgehead atoms. The first-order chi connectivity index (χ1) is 11.6. The Bertz CT molecular complexity index is 820. The second-order valence-corrected chi connectivity index (χ2v) is 6.14. The zero-order chi connectivity index (χ0) is 17.2. The molecule has 0 saturated carbocycles. The second kappa shape index (κ2) is 6.61. The van der Waals surface area contributed by atoms with Crippen LogP contribution in [0.3, 0.4) is 0 Å². The van der Waals surface area contributed by atoms with Crippen LogP contribution in [0.4, 0.5) is 0 Å². The van der Waals surface area contributed by atoms with E-state index in [1.807, 2.05) is 30.5 Å². The molecule has 3 aromatic rings. The average molecular weight is 343 g/mol. The standard InChI is InChI=1S/C18H19ClN4O/c1-3-18(4-2,13-6-8-14(19)9-7-13)22-16(24)15-12-23-11-5-10-20-17(23)21-15/h5-12H,3-4H2,1-2H3,(H,22,24). The smallest absolute Gasteiger partial charge is 0.272 e. The van der Waals surface area contributed by atoms with Crippen LogP contribution in [0.1, 0.15) is 42.7 Å². The highest BCUT2D eigenvalue weighted by atomic mass is 35.5. The van der Waals surface area contributed by atoms with Crippen LogP contribution in [0.25, 0.3) is 5.78 Å². The van der Waals surface area contributed by atoms with Gasteiger partial charge in [-0.15, -0.1) is 0 Å². The van der Waals surface area contributed by atoms with Crippen LogP contribution in [0.2, 0.25) is 5.02 Å². The van der Waals surface area contributed by atoms with Crippen molar-refractivity contribution in [2.24, 2.45) is 0 Å². The number of nitrogens with zero attached hydrogens (tertiary/aromatic N) is 3. The number of carbonyl (C=O) groups is 1. The van der Waals surface area contributed by atoms with Crippen LogP contribution in [0, 0.1) is 0 Å². The van der Waals surface area contributed by atoms with Crippen LogP contribution in [0.15, 0.2) is 48.9 Å². The van der Waals surface area contributed by atoms with Crippen molar-refractivity contribution in [2.75, 3.05) is 0 Å². The van der Waals surface area contributed by atoms with Crippen LogP contribution < -0.4 is 5.32 Å². The highest BCUT2D eigenvalue weighted by Gasteiger charge is 2.31. The van der Waals surface area contributed by atoms with Crippen molar-refractivity contribution in [1.82, 2.24) is 19.7 Å². The van der Waals surface area contributed by atoms with Gasteiger partial charge in [0.15, 0.2) is 0 Å². The maximum absolute atomic E-state index is 12.7. The highest BCUT2D eigenvalue weighted by Crippen LogP contribution is 2.30. The summed E-state index contributed by atoms with van der Waals surface area (Å²) in [5.41, 5.74) is 0.936. The average Bonchev–Trinajstić information content (AvgIpc) is 3.05. The van der Waals surface area contributed by atoms with Gasteiger partial charge in [-0.1, -0.05) is 37.6 Å². The Morgan fingerprint density at radius 1 is 1.25 bits per heavy atom. The molecule has 0 aliphatic carbocycles. The summed E-state index contributed by atoms with van der Waals surface area (Å²) in [7, 11) is 0. The normalized spacial score (nSPS) is 11.6. The number of fused-ring (bicyclic) bond motifs is 1. The Labute approximate surface area is 145 Å². The molecule has 1 aromatic carbocycles. The third-order valence-corrected chi connectivity index (χ3v) is 4.68. The summed E-state index contributed by atoms with van der Waals surface area (Å²) >= 11 is 5.99. The van der Waals surface area contributed by atoms with Gasteiger partial charge in [0, 0.05) is 23.6 Å². The first-order valence-corrected chi connectivity index (χ1v) is 8.34. The Balaban J connectivity index is 1.92. The summed E-state index contributed by atoms with van der Waals surface area (Å²) in [6, 6.07) is 9.41. The molecule has 0 aliphatic heterocycles. The van der Waals surface area contributed by atoms with Gasteiger partial charge >= 0.3 is 0 Å². The second-order valence-electron chi connectivity index (χ2n) is 5.70. The molecule has 0 atom stereocenters. The van der Waals surface area contributed by atoms with Crippen LogP contribution in [-0.4, -0.2) is 20.3 Å². The molecule has 0 saturated heterocycles. The lowest BCUT2D eigenvalue weighted by atomic mass is 9.84. The Morgan fingerprint density at radius 2 is 1.96 bits per heavy atom. The maximum Gasteiger partial charge on any atom is 0.272 e. The fourth-order valence-electron chi connectivity index (χ4n) is 2.90. The van der Waals surface area contributed by atoms with Gasteiger partial charge in [-0.3, -0.25) is 9.20 Å². The molecule has 24 heavy (non-hydrogen) atoms. The summed E-state index contributed by atoms with van der Waals surface area (Å²) in [6.07, 6.45) is 6.69. The van der Waals surface area contributed by atoms with E-state index in [-0.39, 0.29) is 5.91 Å². The fraction of sp³-hybridized carbons (Fsp3) is 0.278. The third kappa shape index (κ3) is 2.99. The number of nitrogens with one attached hydrogen (secondary N) is 1. The molecule has 0 fully saturated rings. The van der Waals surface area contributed by atoms with E-state index >= 15 is 0 Å². The van der Waals surface area contributed by atoms with Gasteiger partial charge in [0.05, 0.1) is 5.54 Å². The Kier molecular flexibility index (Phi) is 4.53. The van der Waals surface area contributed by atoms with Crippen molar-refractivity contribution in [1.29, 1.82) is 0 Å². The predicted molar refractivity (Wildman–Crippen MR) is 94.2 cm³/mol. The molecule has 2 heterocycles. The first kappa shape index (κ1) is 16.5. The summed E-state index contributed by atoms with van der Waals surface area (Å²) in [5, 5.41) is 3.84. The topological polar surface area (TPSA) is 59.3 Å². The molecular weight excluding hydrogens is 324 g/mol. The highest BCUT2D eigenvalue weighted by molar-refractivity contribution is 6.30. The van der Waals surface area contributed by atoms with Crippen molar-refractivity contribution < 1.29 is 4.79 Å². The van der Waals surface area contributed by atoms with Gasteiger partial charge in [-0.05, 0) is 36.6 Å². The molecule has 5 nitrogen and oxygen atoms in total. The molecule has 1 N–H and O–H groups in total.